The lowest BCUT2D eigenvalue weighted by Crippen LogP contribution is -2.30. The summed E-state index contributed by atoms with van der Waals surface area (Å²) in [5, 5.41) is 4.31. The van der Waals surface area contributed by atoms with Gasteiger partial charge >= 0.3 is 0 Å². The number of aryl methyl sites for hydroxylation is 1. The zero-order chi connectivity index (χ0) is 13.6. The molecule has 1 aromatic heterocycles. The van der Waals surface area contributed by atoms with E-state index >= 15 is 0 Å². The van der Waals surface area contributed by atoms with Gasteiger partial charge in [0.05, 0.1) is 19.0 Å². The molecule has 2 rings (SSSR count). The van der Waals surface area contributed by atoms with Crippen molar-refractivity contribution in [1.29, 1.82) is 0 Å². The second kappa shape index (κ2) is 7.22. The van der Waals surface area contributed by atoms with E-state index in [1.54, 1.807) is 0 Å². The monoisotopic (exact) mass is 282 g/mol. The lowest BCUT2D eigenvalue weighted by molar-refractivity contribution is 0.148. The van der Waals surface area contributed by atoms with Gasteiger partial charge in [-0.1, -0.05) is 32.6 Å². The molecule has 1 aliphatic rings. The van der Waals surface area contributed by atoms with E-state index in [1.165, 1.54) is 38.5 Å². The van der Waals surface area contributed by atoms with E-state index in [0.717, 1.165) is 31.1 Å². The number of thiol groups is 1. The Kier molecular flexibility index (Phi) is 5.61. The Bertz CT molecular complexity index is 370. The summed E-state index contributed by atoms with van der Waals surface area (Å²) in [5.74, 6) is 1.83. The zero-order valence-electron chi connectivity index (χ0n) is 12.0. The van der Waals surface area contributed by atoms with Crippen LogP contribution < -0.4 is 4.74 Å². The minimum atomic E-state index is 0.270. The average molecular weight is 282 g/mol. The molecule has 0 saturated heterocycles. The zero-order valence-corrected chi connectivity index (χ0v) is 12.9. The van der Waals surface area contributed by atoms with Crippen molar-refractivity contribution < 1.29 is 4.74 Å². The summed E-state index contributed by atoms with van der Waals surface area (Å²) >= 11 is 4.58. The summed E-state index contributed by atoms with van der Waals surface area (Å²) in [6.45, 7) is 3.90. The van der Waals surface area contributed by atoms with Crippen LogP contribution in [0.3, 0.4) is 0 Å². The quantitative estimate of drug-likeness (QED) is 0.632. The lowest BCUT2D eigenvalue weighted by atomic mass is 9.83. The van der Waals surface area contributed by atoms with E-state index in [2.05, 4.69) is 24.7 Å². The van der Waals surface area contributed by atoms with E-state index in [1.807, 2.05) is 17.1 Å². The SMILES string of the molecule is CCCn1cc(OCC2(CS)CCCCCC2)cn1. The normalized spacial score (nSPS) is 19.1. The first-order valence-electron chi connectivity index (χ1n) is 7.54. The molecular weight excluding hydrogens is 256 g/mol. The van der Waals surface area contributed by atoms with Gasteiger partial charge in [-0.2, -0.15) is 17.7 Å². The van der Waals surface area contributed by atoms with Crippen molar-refractivity contribution in [3.63, 3.8) is 0 Å². The number of nitrogens with zero attached hydrogens (tertiary/aromatic N) is 2. The molecule has 0 aromatic carbocycles. The molecule has 0 amide bonds. The van der Waals surface area contributed by atoms with E-state index in [9.17, 15) is 0 Å². The Labute approximate surface area is 122 Å². The number of ether oxygens (including phenoxy) is 1. The third kappa shape index (κ3) is 4.16. The molecule has 0 unspecified atom stereocenters. The Morgan fingerprint density at radius 3 is 2.68 bits per heavy atom. The highest BCUT2D eigenvalue weighted by atomic mass is 32.1. The minimum absolute atomic E-state index is 0.270. The number of aromatic nitrogens is 2. The summed E-state index contributed by atoms with van der Waals surface area (Å²) in [6.07, 6.45) is 12.8. The first-order chi connectivity index (χ1) is 9.28. The molecule has 1 aliphatic carbocycles. The highest BCUT2D eigenvalue weighted by Gasteiger charge is 2.30. The maximum atomic E-state index is 5.99. The van der Waals surface area contributed by atoms with Gasteiger partial charge < -0.3 is 4.74 Å². The van der Waals surface area contributed by atoms with Gasteiger partial charge in [-0.05, 0) is 25.0 Å². The third-order valence-electron chi connectivity index (χ3n) is 4.11. The molecule has 108 valence electrons. The van der Waals surface area contributed by atoms with Crippen LogP contribution in [0.15, 0.2) is 12.4 Å². The molecular formula is C15H26N2OS. The maximum absolute atomic E-state index is 5.99. The summed E-state index contributed by atoms with van der Waals surface area (Å²) < 4.78 is 7.94. The molecule has 1 aromatic rings. The molecule has 0 aliphatic heterocycles. The minimum Gasteiger partial charge on any atom is -0.490 e. The fourth-order valence-corrected chi connectivity index (χ4v) is 3.24. The molecule has 1 fully saturated rings. The molecule has 4 heteroatoms. The summed E-state index contributed by atoms with van der Waals surface area (Å²) in [5.41, 5.74) is 0.270. The Hall–Kier alpha value is -0.640. The van der Waals surface area contributed by atoms with Crippen molar-refractivity contribution >= 4 is 12.6 Å². The van der Waals surface area contributed by atoms with Crippen LogP contribution in [0.4, 0.5) is 0 Å². The van der Waals surface area contributed by atoms with Gasteiger partial charge in [-0.15, -0.1) is 0 Å². The summed E-state index contributed by atoms with van der Waals surface area (Å²) in [4.78, 5) is 0. The van der Waals surface area contributed by atoms with Crippen LogP contribution in [0.25, 0.3) is 0 Å². The number of hydrogen-bond acceptors (Lipinski definition) is 3. The van der Waals surface area contributed by atoms with Gasteiger partial charge in [0, 0.05) is 12.0 Å². The van der Waals surface area contributed by atoms with Crippen molar-refractivity contribution in [3.8, 4) is 5.75 Å². The largest absolute Gasteiger partial charge is 0.490 e. The van der Waals surface area contributed by atoms with Crippen molar-refractivity contribution in [2.75, 3.05) is 12.4 Å². The summed E-state index contributed by atoms with van der Waals surface area (Å²) in [7, 11) is 0. The highest BCUT2D eigenvalue weighted by molar-refractivity contribution is 7.80. The molecule has 1 saturated carbocycles. The highest BCUT2D eigenvalue weighted by Crippen LogP contribution is 2.36. The molecule has 0 bridgehead atoms. The van der Waals surface area contributed by atoms with E-state index in [-0.39, 0.29) is 5.41 Å². The van der Waals surface area contributed by atoms with Crippen LogP contribution in [0.5, 0.6) is 5.75 Å². The van der Waals surface area contributed by atoms with E-state index < -0.39 is 0 Å². The smallest absolute Gasteiger partial charge is 0.157 e. The molecule has 0 radical (unpaired) electrons. The fourth-order valence-electron chi connectivity index (χ4n) is 2.83. The van der Waals surface area contributed by atoms with Gasteiger partial charge in [0.2, 0.25) is 0 Å². The molecule has 0 N–H and O–H groups in total. The van der Waals surface area contributed by atoms with Crippen LogP contribution >= 0.6 is 12.6 Å². The Morgan fingerprint density at radius 1 is 1.32 bits per heavy atom. The fraction of sp³-hybridized carbons (Fsp3) is 0.800. The molecule has 19 heavy (non-hydrogen) atoms. The predicted octanol–water partition coefficient (Wildman–Crippen LogP) is 3.94. The third-order valence-corrected chi connectivity index (χ3v) is 4.78. The molecule has 0 spiro atoms. The summed E-state index contributed by atoms with van der Waals surface area (Å²) in [6, 6.07) is 0. The van der Waals surface area contributed by atoms with Crippen LogP contribution in [-0.2, 0) is 6.54 Å². The van der Waals surface area contributed by atoms with Gasteiger partial charge in [-0.3, -0.25) is 4.68 Å². The van der Waals surface area contributed by atoms with Gasteiger partial charge in [0.1, 0.15) is 0 Å². The number of rotatable bonds is 6. The van der Waals surface area contributed by atoms with Gasteiger partial charge in [-0.25, -0.2) is 0 Å². The maximum Gasteiger partial charge on any atom is 0.157 e. The van der Waals surface area contributed by atoms with Crippen LogP contribution in [0.1, 0.15) is 51.9 Å². The van der Waals surface area contributed by atoms with Crippen molar-refractivity contribution in [1.82, 2.24) is 9.78 Å². The van der Waals surface area contributed by atoms with Crippen molar-refractivity contribution in [3.05, 3.63) is 12.4 Å². The molecule has 1 heterocycles. The Balaban J connectivity index is 1.90. The van der Waals surface area contributed by atoms with Gasteiger partial charge in [0.15, 0.2) is 5.75 Å². The van der Waals surface area contributed by atoms with E-state index in [4.69, 9.17) is 4.74 Å². The van der Waals surface area contributed by atoms with Gasteiger partial charge in [0.25, 0.3) is 0 Å². The van der Waals surface area contributed by atoms with Crippen molar-refractivity contribution in [2.45, 2.75) is 58.4 Å². The second-order valence-electron chi connectivity index (χ2n) is 5.80. The second-order valence-corrected chi connectivity index (χ2v) is 6.12. The predicted molar refractivity (Wildman–Crippen MR) is 82.0 cm³/mol. The topological polar surface area (TPSA) is 27.1 Å². The first kappa shape index (κ1) is 14.8. The van der Waals surface area contributed by atoms with Crippen LogP contribution in [0.2, 0.25) is 0 Å². The average Bonchev–Trinajstić information content (AvgIpc) is 2.74. The molecule has 3 nitrogen and oxygen atoms in total. The standard InChI is InChI=1S/C15H26N2OS/c1-2-9-17-11-14(10-16-17)18-12-15(13-19)7-5-3-4-6-8-15/h10-11,19H,2-9,12-13H2,1H3. The number of hydrogen-bond donors (Lipinski definition) is 1. The van der Waals surface area contributed by atoms with Crippen molar-refractivity contribution in [2.24, 2.45) is 5.41 Å². The molecule has 0 atom stereocenters. The van der Waals surface area contributed by atoms with Crippen LogP contribution in [-0.4, -0.2) is 22.1 Å². The van der Waals surface area contributed by atoms with Crippen LogP contribution in [0, 0.1) is 5.41 Å². The lowest BCUT2D eigenvalue weighted by Gasteiger charge is -2.30. The first-order valence-corrected chi connectivity index (χ1v) is 8.17. The Morgan fingerprint density at radius 2 is 2.05 bits per heavy atom. The van der Waals surface area contributed by atoms with E-state index in [0.29, 0.717) is 0 Å².